The van der Waals surface area contributed by atoms with Crippen molar-refractivity contribution in [3.63, 3.8) is 0 Å². The Hall–Kier alpha value is -3.35. The van der Waals surface area contributed by atoms with Crippen molar-refractivity contribution in [1.82, 2.24) is 4.90 Å². The van der Waals surface area contributed by atoms with Crippen LogP contribution in [0.1, 0.15) is 46.5 Å². The normalized spacial score (nSPS) is 15.6. The van der Waals surface area contributed by atoms with Gasteiger partial charge < -0.3 is 14.2 Å². The van der Waals surface area contributed by atoms with Gasteiger partial charge in [-0.3, -0.25) is 14.5 Å². The Morgan fingerprint density at radius 3 is 2.34 bits per heavy atom. The van der Waals surface area contributed by atoms with E-state index in [1.807, 2.05) is 13.8 Å². The second-order valence-electron chi connectivity index (χ2n) is 7.47. The molecule has 150 valence electrons. The van der Waals surface area contributed by atoms with Crippen LogP contribution in [0.5, 0.6) is 11.5 Å². The van der Waals surface area contributed by atoms with Gasteiger partial charge >= 0.3 is 5.97 Å². The Labute approximate surface area is 168 Å². The minimum atomic E-state index is -0.976. The molecule has 2 aliphatic rings. The maximum atomic E-state index is 12.9. The summed E-state index contributed by atoms with van der Waals surface area (Å²) in [5, 5.41) is 0. The van der Waals surface area contributed by atoms with Crippen molar-refractivity contribution in [2.24, 2.45) is 5.92 Å². The number of hydrogen-bond acceptors (Lipinski definition) is 6. The first-order valence-corrected chi connectivity index (χ1v) is 9.47. The van der Waals surface area contributed by atoms with E-state index in [1.54, 1.807) is 42.5 Å². The summed E-state index contributed by atoms with van der Waals surface area (Å²) in [6, 6.07) is 10.9. The highest BCUT2D eigenvalue weighted by atomic mass is 16.7. The largest absolute Gasteiger partial charge is 0.459 e. The van der Waals surface area contributed by atoms with Crippen LogP contribution in [-0.4, -0.2) is 35.5 Å². The monoisotopic (exact) mass is 395 g/mol. The Morgan fingerprint density at radius 1 is 1.03 bits per heavy atom. The van der Waals surface area contributed by atoms with Gasteiger partial charge in [0.15, 0.2) is 11.5 Å². The fraction of sp³-hybridized carbons (Fsp3) is 0.318. The smallest absolute Gasteiger partial charge is 0.329 e. The highest BCUT2D eigenvalue weighted by Crippen LogP contribution is 2.33. The van der Waals surface area contributed by atoms with Crippen LogP contribution in [0.15, 0.2) is 42.5 Å². The molecular weight excluding hydrogens is 374 g/mol. The molecule has 4 rings (SSSR count). The van der Waals surface area contributed by atoms with E-state index < -0.39 is 23.8 Å². The van der Waals surface area contributed by atoms with Crippen LogP contribution in [0, 0.1) is 5.92 Å². The van der Waals surface area contributed by atoms with Crippen molar-refractivity contribution in [2.45, 2.75) is 32.9 Å². The zero-order chi connectivity index (χ0) is 20.5. The molecule has 7 heteroatoms. The third kappa shape index (κ3) is 3.55. The van der Waals surface area contributed by atoms with Crippen LogP contribution in [-0.2, 0) is 16.1 Å². The molecule has 0 bridgehead atoms. The lowest BCUT2D eigenvalue weighted by molar-refractivity contribution is -0.150. The molecule has 2 heterocycles. The van der Waals surface area contributed by atoms with Gasteiger partial charge in [-0.05, 0) is 42.2 Å². The van der Waals surface area contributed by atoms with Crippen molar-refractivity contribution in [3.8, 4) is 11.5 Å². The van der Waals surface area contributed by atoms with E-state index >= 15 is 0 Å². The van der Waals surface area contributed by atoms with Crippen molar-refractivity contribution in [1.29, 1.82) is 0 Å². The Balaban J connectivity index is 1.52. The van der Waals surface area contributed by atoms with E-state index in [1.165, 1.54) is 0 Å². The molecule has 0 aliphatic carbocycles. The second-order valence-corrected chi connectivity index (χ2v) is 7.47. The van der Waals surface area contributed by atoms with Gasteiger partial charge in [0.25, 0.3) is 11.8 Å². The summed E-state index contributed by atoms with van der Waals surface area (Å²) < 4.78 is 16.1. The lowest BCUT2D eigenvalue weighted by atomic mass is 10.0. The van der Waals surface area contributed by atoms with Crippen LogP contribution >= 0.6 is 0 Å². The molecule has 2 aromatic carbocycles. The number of carbonyl (C=O) groups excluding carboxylic acids is 3. The number of hydrogen-bond donors (Lipinski definition) is 0. The van der Waals surface area contributed by atoms with Crippen LogP contribution in [0.3, 0.4) is 0 Å². The van der Waals surface area contributed by atoms with Crippen molar-refractivity contribution < 1.29 is 28.6 Å². The fourth-order valence-electron chi connectivity index (χ4n) is 3.53. The lowest BCUT2D eigenvalue weighted by Gasteiger charge is -2.26. The van der Waals surface area contributed by atoms with Gasteiger partial charge in [0.2, 0.25) is 6.79 Å². The van der Waals surface area contributed by atoms with Crippen molar-refractivity contribution >= 4 is 17.8 Å². The summed E-state index contributed by atoms with van der Waals surface area (Å²) in [7, 11) is 0. The average Bonchev–Trinajstić information content (AvgIpc) is 3.27. The quantitative estimate of drug-likeness (QED) is 0.552. The molecule has 0 saturated heterocycles. The third-order valence-electron chi connectivity index (χ3n) is 4.92. The number of benzene rings is 2. The highest BCUT2D eigenvalue weighted by Gasteiger charge is 2.43. The molecule has 0 aromatic heterocycles. The minimum absolute atomic E-state index is 0.00718. The molecule has 0 N–H and O–H groups in total. The number of rotatable bonds is 6. The Morgan fingerprint density at radius 2 is 1.69 bits per heavy atom. The summed E-state index contributed by atoms with van der Waals surface area (Å²) in [6.45, 7) is 4.02. The predicted octanol–water partition coefficient (Wildman–Crippen LogP) is 3.17. The molecule has 1 atom stereocenters. The van der Waals surface area contributed by atoms with Crippen molar-refractivity contribution in [2.75, 3.05) is 6.79 Å². The molecule has 2 amide bonds. The molecule has 7 nitrogen and oxygen atoms in total. The third-order valence-corrected chi connectivity index (χ3v) is 4.92. The summed E-state index contributed by atoms with van der Waals surface area (Å²) in [5.74, 6) is -0.206. The van der Waals surface area contributed by atoms with Crippen LogP contribution in [0.2, 0.25) is 0 Å². The van der Waals surface area contributed by atoms with E-state index in [2.05, 4.69) is 0 Å². The zero-order valence-electron chi connectivity index (χ0n) is 16.2. The number of carbonyl (C=O) groups is 3. The van der Waals surface area contributed by atoms with E-state index in [-0.39, 0.29) is 19.3 Å². The molecule has 0 radical (unpaired) electrons. The number of ether oxygens (including phenoxy) is 3. The summed E-state index contributed by atoms with van der Waals surface area (Å²) in [4.78, 5) is 39.5. The van der Waals surface area contributed by atoms with Gasteiger partial charge in [0, 0.05) is 0 Å². The lowest BCUT2D eigenvalue weighted by Crippen LogP contribution is -2.46. The summed E-state index contributed by atoms with van der Waals surface area (Å²) >= 11 is 0. The van der Waals surface area contributed by atoms with Gasteiger partial charge in [-0.25, -0.2) is 4.79 Å². The highest BCUT2D eigenvalue weighted by molar-refractivity contribution is 6.22. The predicted molar refractivity (Wildman–Crippen MR) is 103 cm³/mol. The second kappa shape index (κ2) is 7.58. The Kier molecular flexibility index (Phi) is 4.96. The van der Waals surface area contributed by atoms with Gasteiger partial charge in [-0.1, -0.05) is 32.0 Å². The standard InChI is InChI=1S/C22H21NO6/c1-13(2)9-17(23-20(24)15-5-3-4-6-16(15)21(23)25)22(26)27-11-14-7-8-18-19(10-14)29-12-28-18/h3-8,10,13,17H,9,11-12H2,1-2H3/t17-/m0/s1. The average molecular weight is 395 g/mol. The fourth-order valence-corrected chi connectivity index (χ4v) is 3.53. The SMILES string of the molecule is CC(C)C[C@@H](C(=O)OCc1ccc2c(c1)OCO2)N1C(=O)c2ccccc2C1=O. The maximum absolute atomic E-state index is 12.9. The van der Waals surface area contributed by atoms with Gasteiger partial charge in [-0.15, -0.1) is 0 Å². The minimum Gasteiger partial charge on any atom is -0.459 e. The molecule has 0 fully saturated rings. The molecule has 0 unspecified atom stereocenters. The number of fused-ring (bicyclic) bond motifs is 2. The van der Waals surface area contributed by atoms with E-state index in [0.717, 1.165) is 10.5 Å². The maximum Gasteiger partial charge on any atom is 0.329 e. The van der Waals surface area contributed by atoms with E-state index in [0.29, 0.717) is 29.0 Å². The summed E-state index contributed by atoms with van der Waals surface area (Å²) in [6.07, 6.45) is 0.325. The van der Waals surface area contributed by atoms with E-state index in [4.69, 9.17) is 14.2 Å². The summed E-state index contributed by atoms with van der Waals surface area (Å²) in [5.41, 5.74) is 1.36. The van der Waals surface area contributed by atoms with Gasteiger partial charge in [-0.2, -0.15) is 0 Å². The van der Waals surface area contributed by atoms with Gasteiger partial charge in [0.05, 0.1) is 11.1 Å². The number of imide groups is 1. The number of amides is 2. The van der Waals surface area contributed by atoms with Crippen molar-refractivity contribution in [3.05, 3.63) is 59.2 Å². The van der Waals surface area contributed by atoms with Crippen LogP contribution in [0.25, 0.3) is 0 Å². The molecule has 0 saturated carbocycles. The number of nitrogens with zero attached hydrogens (tertiary/aromatic N) is 1. The van der Waals surface area contributed by atoms with Gasteiger partial charge in [0.1, 0.15) is 12.6 Å². The Bertz CT molecular complexity index is 948. The first-order chi connectivity index (χ1) is 14.0. The number of esters is 1. The van der Waals surface area contributed by atoms with E-state index in [9.17, 15) is 14.4 Å². The first kappa shape index (κ1) is 19.0. The first-order valence-electron chi connectivity index (χ1n) is 9.47. The van der Waals surface area contributed by atoms with Crippen LogP contribution < -0.4 is 9.47 Å². The van der Waals surface area contributed by atoms with Crippen LogP contribution in [0.4, 0.5) is 0 Å². The molecule has 0 spiro atoms. The molecule has 2 aromatic rings. The zero-order valence-corrected chi connectivity index (χ0v) is 16.2. The topological polar surface area (TPSA) is 82.1 Å². The molecule has 29 heavy (non-hydrogen) atoms. The molecular formula is C22H21NO6. The molecule has 2 aliphatic heterocycles.